The average molecular weight is 306 g/mol. The molecule has 4 nitrogen and oxygen atoms in total. The third-order valence-electron chi connectivity index (χ3n) is 3.85. The van der Waals surface area contributed by atoms with Gasteiger partial charge in [-0.25, -0.2) is 0 Å². The number of aromatic amines is 1. The molecule has 0 aliphatic heterocycles. The van der Waals surface area contributed by atoms with E-state index in [1.807, 2.05) is 30.5 Å². The molecule has 0 bridgehead atoms. The smallest absolute Gasteiger partial charge is 0.154 e. The van der Waals surface area contributed by atoms with Crippen LogP contribution in [0.2, 0.25) is 0 Å². The van der Waals surface area contributed by atoms with Crippen LogP contribution in [0, 0.1) is 0 Å². The zero-order valence-corrected chi connectivity index (χ0v) is 12.9. The number of aromatic nitrogens is 1. The highest BCUT2D eigenvalue weighted by molar-refractivity contribution is 5.88. The van der Waals surface area contributed by atoms with Crippen LogP contribution in [0.15, 0.2) is 59.7 Å². The molecule has 0 saturated heterocycles. The summed E-state index contributed by atoms with van der Waals surface area (Å²) >= 11 is 0. The molecule has 1 atom stereocenters. The van der Waals surface area contributed by atoms with E-state index in [4.69, 9.17) is 0 Å². The van der Waals surface area contributed by atoms with Gasteiger partial charge in [-0.05, 0) is 48.4 Å². The summed E-state index contributed by atoms with van der Waals surface area (Å²) in [6.07, 6.45) is 4.19. The van der Waals surface area contributed by atoms with Crippen molar-refractivity contribution >= 4 is 22.9 Å². The molecule has 2 N–H and O–H groups in total. The van der Waals surface area contributed by atoms with Crippen LogP contribution in [-0.4, -0.2) is 28.1 Å². The van der Waals surface area contributed by atoms with Gasteiger partial charge in [0.05, 0.1) is 0 Å². The zero-order valence-electron chi connectivity index (χ0n) is 12.9. The van der Waals surface area contributed by atoms with Crippen molar-refractivity contribution in [2.45, 2.75) is 19.4 Å². The van der Waals surface area contributed by atoms with Crippen molar-refractivity contribution in [3.05, 3.63) is 65.9 Å². The molecule has 1 heterocycles. The van der Waals surface area contributed by atoms with Gasteiger partial charge in [0.15, 0.2) is 5.78 Å². The van der Waals surface area contributed by atoms with Gasteiger partial charge in [-0.1, -0.05) is 18.2 Å². The van der Waals surface area contributed by atoms with Crippen molar-refractivity contribution < 1.29 is 9.90 Å². The van der Waals surface area contributed by atoms with Gasteiger partial charge in [-0.3, -0.25) is 9.79 Å². The first-order valence-corrected chi connectivity index (χ1v) is 7.51. The number of aromatic hydroxyl groups is 1. The van der Waals surface area contributed by atoms with Crippen LogP contribution in [0.3, 0.4) is 0 Å². The monoisotopic (exact) mass is 306 g/mol. The number of ketones is 1. The van der Waals surface area contributed by atoms with Crippen LogP contribution in [-0.2, 0) is 11.2 Å². The Labute approximate surface area is 134 Å². The summed E-state index contributed by atoms with van der Waals surface area (Å²) in [6.45, 7) is 1.56. The van der Waals surface area contributed by atoms with E-state index >= 15 is 0 Å². The zero-order chi connectivity index (χ0) is 16.2. The average Bonchev–Trinajstić information content (AvgIpc) is 2.96. The maximum atomic E-state index is 11.9. The fourth-order valence-electron chi connectivity index (χ4n) is 2.55. The summed E-state index contributed by atoms with van der Waals surface area (Å²) in [5, 5.41) is 10.4. The van der Waals surface area contributed by atoms with Gasteiger partial charge in [-0.15, -0.1) is 0 Å². The number of phenolic OH excluding ortho intramolecular Hbond substituents is 1. The number of hydrogen-bond acceptors (Lipinski definition) is 3. The van der Waals surface area contributed by atoms with Crippen LogP contribution in [0.4, 0.5) is 0 Å². The molecule has 0 aliphatic carbocycles. The highest BCUT2D eigenvalue weighted by atomic mass is 16.3. The third-order valence-corrected chi connectivity index (χ3v) is 3.85. The van der Waals surface area contributed by atoms with Crippen molar-refractivity contribution in [3.8, 4) is 5.75 Å². The molecular formula is C19H18N2O2. The van der Waals surface area contributed by atoms with Gasteiger partial charge < -0.3 is 10.1 Å². The lowest BCUT2D eigenvalue weighted by atomic mass is 10.0. The van der Waals surface area contributed by atoms with E-state index in [0.717, 1.165) is 22.0 Å². The van der Waals surface area contributed by atoms with Crippen molar-refractivity contribution in [2.24, 2.45) is 4.99 Å². The number of hydrogen-bond donors (Lipinski definition) is 2. The Hall–Kier alpha value is -2.88. The Balaban J connectivity index is 1.82. The summed E-state index contributed by atoms with van der Waals surface area (Å²) in [7, 11) is 0. The number of carbonyl (C=O) groups excluding carboxylic acids is 1. The summed E-state index contributed by atoms with van der Waals surface area (Å²) < 4.78 is 0. The number of carbonyl (C=O) groups is 1. The van der Waals surface area contributed by atoms with Crippen molar-refractivity contribution in [1.29, 1.82) is 0 Å². The van der Waals surface area contributed by atoms with Gasteiger partial charge in [-0.2, -0.15) is 0 Å². The number of fused-ring (bicyclic) bond motifs is 1. The number of aliphatic imine (C=N–C) groups is 1. The van der Waals surface area contributed by atoms with Gasteiger partial charge in [0.2, 0.25) is 0 Å². The minimum absolute atomic E-state index is 0.0327. The van der Waals surface area contributed by atoms with E-state index in [9.17, 15) is 9.90 Å². The van der Waals surface area contributed by atoms with E-state index in [-0.39, 0.29) is 11.5 Å². The first kappa shape index (κ1) is 15.0. The van der Waals surface area contributed by atoms with Crippen LogP contribution in [0.1, 0.15) is 18.1 Å². The number of Topliss-reactive ketones (excluding diaryl/α,β-unsaturated/α-hetero) is 1. The minimum atomic E-state index is -0.414. The second kappa shape index (κ2) is 6.48. The lowest BCUT2D eigenvalue weighted by molar-refractivity contribution is -0.118. The van der Waals surface area contributed by atoms with Gasteiger partial charge >= 0.3 is 0 Å². The Morgan fingerprint density at radius 1 is 1.22 bits per heavy atom. The number of nitrogens with zero attached hydrogens (tertiary/aromatic N) is 1. The number of para-hydroxylation sites is 1. The highest BCUT2D eigenvalue weighted by Gasteiger charge is 2.15. The van der Waals surface area contributed by atoms with Crippen LogP contribution in [0.25, 0.3) is 10.9 Å². The molecular weight excluding hydrogens is 288 g/mol. The van der Waals surface area contributed by atoms with Gasteiger partial charge in [0, 0.05) is 29.7 Å². The van der Waals surface area contributed by atoms with E-state index in [1.54, 1.807) is 37.4 Å². The number of phenols is 1. The third kappa shape index (κ3) is 3.48. The molecule has 0 amide bonds. The minimum Gasteiger partial charge on any atom is -0.508 e. The predicted molar refractivity (Wildman–Crippen MR) is 92.2 cm³/mol. The molecule has 0 saturated carbocycles. The summed E-state index contributed by atoms with van der Waals surface area (Å²) in [4.78, 5) is 19.6. The number of H-pyrrole nitrogens is 1. The van der Waals surface area contributed by atoms with Gasteiger partial charge in [0.25, 0.3) is 0 Å². The fourth-order valence-corrected chi connectivity index (χ4v) is 2.55. The summed E-state index contributed by atoms with van der Waals surface area (Å²) in [5.41, 5.74) is 3.00. The molecule has 1 aromatic heterocycles. The summed E-state index contributed by atoms with van der Waals surface area (Å²) in [6, 6.07) is 14.3. The Kier molecular flexibility index (Phi) is 4.24. The SMILES string of the molecule is CC(=O)[C@H](Cc1c[nH]c2ccccc12)N=Cc1ccc(O)cc1. The molecule has 116 valence electrons. The maximum absolute atomic E-state index is 11.9. The van der Waals surface area contributed by atoms with Crippen molar-refractivity contribution in [2.75, 3.05) is 0 Å². The van der Waals surface area contributed by atoms with Gasteiger partial charge in [0.1, 0.15) is 11.8 Å². The lowest BCUT2D eigenvalue weighted by Gasteiger charge is -2.08. The molecule has 0 spiro atoms. The normalized spacial score (nSPS) is 12.7. The van der Waals surface area contributed by atoms with Crippen molar-refractivity contribution in [3.63, 3.8) is 0 Å². The van der Waals surface area contributed by atoms with E-state index < -0.39 is 6.04 Å². The Morgan fingerprint density at radius 3 is 2.70 bits per heavy atom. The second-order valence-corrected chi connectivity index (χ2v) is 5.56. The number of benzene rings is 2. The second-order valence-electron chi connectivity index (χ2n) is 5.56. The quantitative estimate of drug-likeness (QED) is 0.709. The van der Waals surface area contributed by atoms with E-state index in [1.165, 1.54) is 0 Å². The number of rotatable bonds is 5. The molecule has 0 radical (unpaired) electrons. The molecule has 0 aliphatic rings. The highest BCUT2D eigenvalue weighted by Crippen LogP contribution is 2.20. The summed E-state index contributed by atoms with van der Waals surface area (Å²) in [5.74, 6) is 0.245. The topological polar surface area (TPSA) is 65.5 Å². The first-order chi connectivity index (χ1) is 11.1. The maximum Gasteiger partial charge on any atom is 0.154 e. The fraction of sp³-hybridized carbons (Fsp3) is 0.158. The molecule has 3 aromatic rings. The van der Waals surface area contributed by atoms with Crippen molar-refractivity contribution in [1.82, 2.24) is 4.98 Å². The Morgan fingerprint density at radius 2 is 1.96 bits per heavy atom. The van der Waals surface area contributed by atoms with E-state index in [2.05, 4.69) is 9.98 Å². The van der Waals surface area contributed by atoms with Crippen LogP contribution in [0.5, 0.6) is 5.75 Å². The largest absolute Gasteiger partial charge is 0.508 e. The predicted octanol–water partition coefficient (Wildman–Crippen LogP) is 3.49. The van der Waals surface area contributed by atoms with Crippen LogP contribution < -0.4 is 0 Å². The molecule has 2 aromatic carbocycles. The Bertz CT molecular complexity index is 847. The standard InChI is InChI=1S/C19H18N2O2/c1-13(22)19(20-11-14-6-8-16(23)9-7-14)10-15-12-21-18-5-3-2-4-17(15)18/h2-9,11-12,19,21,23H,10H2,1H3/t19-/m0/s1. The molecule has 4 heteroatoms. The lowest BCUT2D eigenvalue weighted by Crippen LogP contribution is -2.18. The molecule has 3 rings (SSSR count). The van der Waals surface area contributed by atoms with Crippen LogP contribution >= 0.6 is 0 Å². The molecule has 0 unspecified atom stereocenters. The van der Waals surface area contributed by atoms with E-state index in [0.29, 0.717) is 6.42 Å². The number of nitrogens with one attached hydrogen (secondary N) is 1. The molecule has 0 fully saturated rings. The first-order valence-electron chi connectivity index (χ1n) is 7.51. The molecule has 23 heavy (non-hydrogen) atoms.